The Morgan fingerprint density at radius 3 is 2.40 bits per heavy atom. The second-order valence-electron chi connectivity index (χ2n) is 12.4. The largest absolute Gasteiger partial charge is 0.465 e. The van der Waals surface area contributed by atoms with Crippen LogP contribution in [0, 0.1) is 5.82 Å². The van der Waals surface area contributed by atoms with Gasteiger partial charge in [0.1, 0.15) is 17.1 Å². The molecule has 2 aliphatic heterocycles. The molecule has 1 saturated carbocycles. The summed E-state index contributed by atoms with van der Waals surface area (Å²) in [6, 6.07) is 15.3. The summed E-state index contributed by atoms with van der Waals surface area (Å²) in [5.74, 6) is 1.74. The fourth-order valence-corrected chi connectivity index (χ4v) is 7.48. The number of rotatable bonds is 10. The van der Waals surface area contributed by atoms with Crippen molar-refractivity contribution in [1.82, 2.24) is 25.4 Å². The monoisotopic (exact) mass is 663 g/mol. The van der Waals surface area contributed by atoms with Crippen molar-refractivity contribution in [1.29, 1.82) is 0 Å². The average Bonchev–Trinajstić information content (AvgIpc) is 3.07. The van der Waals surface area contributed by atoms with Crippen molar-refractivity contribution in [3.05, 3.63) is 77.2 Å². The van der Waals surface area contributed by atoms with E-state index < -0.39 is 17.8 Å². The van der Waals surface area contributed by atoms with Crippen LogP contribution in [0.3, 0.4) is 0 Å². The zero-order chi connectivity index (χ0) is 32.6. The third-order valence-electron chi connectivity index (χ3n) is 8.99. The summed E-state index contributed by atoms with van der Waals surface area (Å²) in [5.41, 5.74) is 4.63. The molecule has 0 unspecified atom stereocenters. The standard InChI is InChI=1S/C35H42FN5O5S/c36-27-20-32(33(42)38-28-5-7-29(8-6-28)39-35(43)44)34(37-21-27)46-30-3-1-2-25(19-30)31-9-4-24(22-41-12-16-47-17-13-41)18-26(31)23-40-10-14-45-15-11-40/h1-4,9,18-21,28-29,39H,5-8,10-17,22-23H2,(H,38,42)(H,43,44). The van der Waals surface area contributed by atoms with Gasteiger partial charge in [-0.25, -0.2) is 14.2 Å². The molecule has 2 saturated heterocycles. The van der Waals surface area contributed by atoms with Gasteiger partial charge in [0.15, 0.2) is 0 Å². The van der Waals surface area contributed by atoms with E-state index in [1.807, 2.05) is 30.0 Å². The maximum atomic E-state index is 14.3. The molecule has 3 fully saturated rings. The van der Waals surface area contributed by atoms with E-state index in [9.17, 15) is 14.0 Å². The summed E-state index contributed by atoms with van der Waals surface area (Å²) in [5, 5.41) is 14.5. The summed E-state index contributed by atoms with van der Waals surface area (Å²) in [4.78, 5) is 33.4. The van der Waals surface area contributed by atoms with Crippen LogP contribution in [0.5, 0.6) is 11.6 Å². The molecular weight excluding hydrogens is 621 g/mol. The lowest BCUT2D eigenvalue weighted by molar-refractivity contribution is 0.0342. The van der Waals surface area contributed by atoms with Crippen LogP contribution in [0.25, 0.3) is 11.1 Å². The molecule has 3 heterocycles. The van der Waals surface area contributed by atoms with E-state index in [4.69, 9.17) is 14.6 Å². The molecule has 0 atom stereocenters. The van der Waals surface area contributed by atoms with Crippen molar-refractivity contribution in [3.63, 3.8) is 0 Å². The molecule has 3 aromatic rings. The predicted molar refractivity (Wildman–Crippen MR) is 180 cm³/mol. The maximum absolute atomic E-state index is 14.3. The van der Waals surface area contributed by atoms with Crippen molar-refractivity contribution in [2.24, 2.45) is 0 Å². The fourth-order valence-electron chi connectivity index (χ4n) is 6.50. The Bertz CT molecular complexity index is 1540. The van der Waals surface area contributed by atoms with Crippen LogP contribution >= 0.6 is 11.8 Å². The molecule has 3 N–H and O–H groups in total. The number of hydrogen-bond donors (Lipinski definition) is 3. The SMILES string of the molecule is O=C(O)NC1CCC(NC(=O)c2cc(F)cnc2Oc2cccc(-c3ccc(CN4CCSCC4)cc3CN3CCOCC3)c2)CC1. The second kappa shape index (κ2) is 15.9. The maximum Gasteiger partial charge on any atom is 0.404 e. The molecule has 10 nitrogen and oxygen atoms in total. The minimum Gasteiger partial charge on any atom is -0.465 e. The number of thioether (sulfide) groups is 1. The number of carbonyl (C=O) groups is 2. The zero-order valence-electron chi connectivity index (χ0n) is 26.5. The highest BCUT2D eigenvalue weighted by Gasteiger charge is 2.26. The molecule has 0 spiro atoms. The van der Waals surface area contributed by atoms with Crippen molar-refractivity contribution >= 4 is 23.8 Å². The molecule has 1 aromatic heterocycles. The van der Waals surface area contributed by atoms with Gasteiger partial charge in [-0.1, -0.05) is 30.3 Å². The number of halogens is 1. The summed E-state index contributed by atoms with van der Waals surface area (Å²) in [6.45, 7) is 7.19. The van der Waals surface area contributed by atoms with Gasteiger partial charge in [-0.3, -0.25) is 14.6 Å². The highest BCUT2D eigenvalue weighted by molar-refractivity contribution is 7.99. The first kappa shape index (κ1) is 33.2. The molecule has 12 heteroatoms. The van der Waals surface area contributed by atoms with Gasteiger partial charge in [0.25, 0.3) is 5.91 Å². The molecule has 1 aliphatic carbocycles. The summed E-state index contributed by atoms with van der Waals surface area (Å²) in [7, 11) is 0. The van der Waals surface area contributed by atoms with E-state index in [1.165, 1.54) is 22.6 Å². The number of carbonyl (C=O) groups excluding carboxylic acids is 1. The number of ether oxygens (including phenoxy) is 2. The number of aromatic nitrogens is 1. The quantitative estimate of drug-likeness (QED) is 0.263. The molecule has 250 valence electrons. The van der Waals surface area contributed by atoms with Gasteiger partial charge >= 0.3 is 6.09 Å². The van der Waals surface area contributed by atoms with Gasteiger partial charge in [-0.2, -0.15) is 11.8 Å². The number of carboxylic acid groups (broad SMARTS) is 1. The van der Waals surface area contributed by atoms with E-state index in [-0.39, 0.29) is 23.5 Å². The summed E-state index contributed by atoms with van der Waals surface area (Å²) < 4.78 is 26.1. The predicted octanol–water partition coefficient (Wildman–Crippen LogP) is 5.37. The number of morpholine rings is 1. The van der Waals surface area contributed by atoms with Crippen LogP contribution in [0.15, 0.2) is 54.7 Å². The lowest BCUT2D eigenvalue weighted by Crippen LogP contribution is -2.43. The number of amides is 2. The van der Waals surface area contributed by atoms with Crippen molar-refractivity contribution in [2.75, 3.05) is 50.9 Å². The van der Waals surface area contributed by atoms with Crippen molar-refractivity contribution < 1.29 is 28.6 Å². The Hall–Kier alpha value is -3.71. The first-order valence-electron chi connectivity index (χ1n) is 16.4. The second-order valence-corrected chi connectivity index (χ2v) is 13.6. The lowest BCUT2D eigenvalue weighted by Gasteiger charge is -2.29. The average molecular weight is 664 g/mol. The third kappa shape index (κ3) is 9.22. The molecular formula is C35H42FN5O5S. The number of benzene rings is 2. The van der Waals surface area contributed by atoms with Gasteiger partial charge in [-0.05, 0) is 66.1 Å². The summed E-state index contributed by atoms with van der Waals surface area (Å²) in [6.07, 6.45) is 2.44. The van der Waals surface area contributed by atoms with Gasteiger partial charge in [0.05, 0.1) is 19.4 Å². The van der Waals surface area contributed by atoms with Crippen molar-refractivity contribution in [2.45, 2.75) is 50.9 Å². The Morgan fingerprint density at radius 2 is 1.66 bits per heavy atom. The minimum absolute atomic E-state index is 0.00894. The Kier molecular flexibility index (Phi) is 11.2. The van der Waals surface area contributed by atoms with Crippen LogP contribution in [-0.2, 0) is 17.8 Å². The van der Waals surface area contributed by atoms with E-state index in [1.54, 1.807) is 6.07 Å². The van der Waals surface area contributed by atoms with Crippen molar-refractivity contribution in [3.8, 4) is 22.8 Å². The van der Waals surface area contributed by atoms with Gasteiger partial charge in [-0.15, -0.1) is 0 Å². The molecule has 6 rings (SSSR count). The molecule has 0 bridgehead atoms. The normalized spacial score (nSPS) is 20.8. The molecule has 2 aromatic carbocycles. The van der Waals surface area contributed by atoms with Crippen LogP contribution < -0.4 is 15.4 Å². The molecule has 2 amide bonds. The van der Waals surface area contributed by atoms with E-state index in [2.05, 4.69) is 43.6 Å². The molecule has 0 radical (unpaired) electrons. The van der Waals surface area contributed by atoms with Crippen LogP contribution in [-0.4, -0.2) is 94.9 Å². The highest BCUT2D eigenvalue weighted by atomic mass is 32.2. The van der Waals surface area contributed by atoms with Crippen LogP contribution in [0.2, 0.25) is 0 Å². The third-order valence-corrected chi connectivity index (χ3v) is 9.93. The number of hydrogen-bond acceptors (Lipinski definition) is 8. The molecule has 47 heavy (non-hydrogen) atoms. The Balaban J connectivity index is 1.19. The Labute approximate surface area is 279 Å². The first-order chi connectivity index (χ1) is 22.9. The first-order valence-corrected chi connectivity index (χ1v) is 17.5. The van der Waals surface area contributed by atoms with Gasteiger partial charge < -0.3 is 25.2 Å². The lowest BCUT2D eigenvalue weighted by atomic mass is 9.91. The zero-order valence-corrected chi connectivity index (χ0v) is 27.3. The minimum atomic E-state index is -1.05. The Morgan fingerprint density at radius 1 is 0.936 bits per heavy atom. The number of pyridine rings is 1. The number of nitrogens with zero attached hydrogens (tertiary/aromatic N) is 3. The van der Waals surface area contributed by atoms with E-state index in [0.717, 1.165) is 75.9 Å². The van der Waals surface area contributed by atoms with Gasteiger partial charge in [0, 0.05) is 62.9 Å². The van der Waals surface area contributed by atoms with Gasteiger partial charge in [0.2, 0.25) is 5.88 Å². The number of nitrogens with one attached hydrogen (secondary N) is 2. The van der Waals surface area contributed by atoms with E-state index >= 15 is 0 Å². The smallest absolute Gasteiger partial charge is 0.404 e. The van der Waals surface area contributed by atoms with Crippen LogP contribution in [0.1, 0.15) is 47.2 Å². The van der Waals surface area contributed by atoms with E-state index in [0.29, 0.717) is 31.4 Å². The molecule has 3 aliphatic rings. The summed E-state index contributed by atoms with van der Waals surface area (Å²) >= 11 is 2.01. The highest BCUT2D eigenvalue weighted by Crippen LogP contribution is 2.32. The van der Waals surface area contributed by atoms with Crippen LogP contribution in [0.4, 0.5) is 9.18 Å². The topological polar surface area (TPSA) is 116 Å². The fraction of sp³-hybridized carbons (Fsp3) is 0.457.